The van der Waals surface area contributed by atoms with Crippen molar-refractivity contribution < 1.29 is 14.3 Å². The van der Waals surface area contributed by atoms with Crippen LogP contribution in [-0.2, 0) is 0 Å². The fourth-order valence-corrected chi connectivity index (χ4v) is 3.02. The molecule has 23 heavy (non-hydrogen) atoms. The van der Waals surface area contributed by atoms with Crippen LogP contribution in [0.15, 0.2) is 18.2 Å². The van der Waals surface area contributed by atoms with Crippen molar-refractivity contribution in [2.45, 2.75) is 32.2 Å². The molecule has 2 rings (SSSR count). The first kappa shape index (κ1) is 19.6. The summed E-state index contributed by atoms with van der Waals surface area (Å²) in [6.07, 6.45) is 2.94. The van der Waals surface area contributed by atoms with E-state index in [1.165, 1.54) is 0 Å². The van der Waals surface area contributed by atoms with Gasteiger partial charge in [-0.2, -0.15) is 0 Å². The molecule has 1 heterocycles. The largest absolute Gasteiger partial charge is 0.493 e. The van der Waals surface area contributed by atoms with Crippen LogP contribution in [0.5, 0.6) is 11.5 Å². The number of piperidine rings is 1. The van der Waals surface area contributed by atoms with Gasteiger partial charge in [-0.3, -0.25) is 4.79 Å². The SMILES string of the molecule is CCCN(C(=O)c1cccc(OC)c1OC)C1CCNCC1.Cl. The van der Waals surface area contributed by atoms with Gasteiger partial charge in [0.05, 0.1) is 19.8 Å². The molecular formula is C17H27ClN2O3. The Labute approximate surface area is 144 Å². The molecular weight excluding hydrogens is 316 g/mol. The average Bonchev–Trinajstić information content (AvgIpc) is 2.59. The lowest BCUT2D eigenvalue weighted by atomic mass is 10.0. The summed E-state index contributed by atoms with van der Waals surface area (Å²) in [5, 5.41) is 3.35. The maximum atomic E-state index is 13.1. The number of nitrogens with one attached hydrogen (secondary N) is 1. The van der Waals surface area contributed by atoms with E-state index in [0.29, 0.717) is 23.1 Å². The number of amides is 1. The summed E-state index contributed by atoms with van der Waals surface area (Å²) in [6, 6.07) is 5.75. The second-order valence-electron chi connectivity index (χ2n) is 5.52. The summed E-state index contributed by atoms with van der Waals surface area (Å²) in [5.41, 5.74) is 0.578. The zero-order chi connectivity index (χ0) is 15.9. The van der Waals surface area contributed by atoms with Crippen LogP contribution in [0.4, 0.5) is 0 Å². The molecule has 0 aromatic heterocycles. The monoisotopic (exact) mass is 342 g/mol. The molecule has 0 atom stereocenters. The topological polar surface area (TPSA) is 50.8 Å². The van der Waals surface area contributed by atoms with E-state index in [0.717, 1.165) is 38.9 Å². The fraction of sp³-hybridized carbons (Fsp3) is 0.588. The van der Waals surface area contributed by atoms with Crippen molar-refractivity contribution in [3.05, 3.63) is 23.8 Å². The Morgan fingerprint density at radius 2 is 1.96 bits per heavy atom. The Morgan fingerprint density at radius 3 is 2.52 bits per heavy atom. The van der Waals surface area contributed by atoms with Crippen LogP contribution in [0.2, 0.25) is 0 Å². The fourth-order valence-electron chi connectivity index (χ4n) is 3.02. The number of rotatable bonds is 6. The quantitative estimate of drug-likeness (QED) is 0.863. The van der Waals surface area contributed by atoms with Gasteiger partial charge in [0, 0.05) is 12.6 Å². The zero-order valence-electron chi connectivity index (χ0n) is 14.1. The van der Waals surface area contributed by atoms with E-state index in [2.05, 4.69) is 12.2 Å². The van der Waals surface area contributed by atoms with Gasteiger partial charge in [-0.15, -0.1) is 12.4 Å². The van der Waals surface area contributed by atoms with Crippen molar-refractivity contribution in [1.82, 2.24) is 10.2 Å². The Balaban J connectivity index is 0.00000264. The average molecular weight is 343 g/mol. The predicted octanol–water partition coefficient (Wildman–Crippen LogP) is 2.73. The number of hydrogen-bond donors (Lipinski definition) is 1. The van der Waals surface area contributed by atoms with Crippen LogP contribution >= 0.6 is 12.4 Å². The molecule has 1 fully saturated rings. The van der Waals surface area contributed by atoms with E-state index in [9.17, 15) is 4.79 Å². The van der Waals surface area contributed by atoms with Crippen molar-refractivity contribution in [1.29, 1.82) is 0 Å². The van der Waals surface area contributed by atoms with Gasteiger partial charge < -0.3 is 19.7 Å². The highest BCUT2D eigenvalue weighted by atomic mass is 35.5. The minimum atomic E-state index is 0. The number of hydrogen-bond acceptors (Lipinski definition) is 4. The molecule has 1 aliphatic rings. The lowest BCUT2D eigenvalue weighted by Gasteiger charge is -2.35. The van der Waals surface area contributed by atoms with E-state index in [1.807, 2.05) is 23.1 Å². The number of halogens is 1. The molecule has 0 spiro atoms. The van der Waals surface area contributed by atoms with Crippen LogP contribution in [0.1, 0.15) is 36.5 Å². The number of ether oxygens (including phenoxy) is 2. The summed E-state index contributed by atoms with van der Waals surface area (Å²) in [7, 11) is 3.16. The predicted molar refractivity (Wildman–Crippen MR) is 94.0 cm³/mol. The third-order valence-corrected chi connectivity index (χ3v) is 4.11. The molecule has 1 aromatic rings. The number of para-hydroxylation sites is 1. The van der Waals surface area contributed by atoms with Gasteiger partial charge >= 0.3 is 0 Å². The minimum Gasteiger partial charge on any atom is -0.493 e. The van der Waals surface area contributed by atoms with E-state index in [1.54, 1.807) is 14.2 Å². The molecule has 0 saturated carbocycles. The maximum absolute atomic E-state index is 13.1. The second-order valence-corrected chi connectivity index (χ2v) is 5.52. The molecule has 0 unspecified atom stereocenters. The lowest BCUT2D eigenvalue weighted by molar-refractivity contribution is 0.0638. The van der Waals surface area contributed by atoms with E-state index in [-0.39, 0.29) is 18.3 Å². The standard InChI is InChI=1S/C17H26N2O3.ClH/c1-4-12-19(13-8-10-18-11-9-13)17(20)14-6-5-7-15(21-2)16(14)22-3;/h5-7,13,18H,4,8-12H2,1-3H3;1H. The van der Waals surface area contributed by atoms with Gasteiger partial charge in [-0.05, 0) is 44.5 Å². The van der Waals surface area contributed by atoms with Crippen LogP contribution in [-0.4, -0.2) is 50.7 Å². The van der Waals surface area contributed by atoms with E-state index >= 15 is 0 Å². The zero-order valence-corrected chi connectivity index (χ0v) is 14.9. The molecule has 5 nitrogen and oxygen atoms in total. The molecule has 1 aliphatic heterocycles. The third kappa shape index (κ3) is 4.52. The van der Waals surface area contributed by atoms with E-state index < -0.39 is 0 Å². The number of benzene rings is 1. The van der Waals surface area contributed by atoms with E-state index in [4.69, 9.17) is 9.47 Å². The summed E-state index contributed by atoms with van der Waals surface area (Å²) in [5.74, 6) is 1.14. The van der Waals surface area contributed by atoms with Crippen molar-refractivity contribution >= 4 is 18.3 Å². The first-order valence-corrected chi connectivity index (χ1v) is 7.95. The van der Waals surface area contributed by atoms with Gasteiger partial charge in [0.25, 0.3) is 5.91 Å². The minimum absolute atomic E-state index is 0. The molecule has 0 bridgehead atoms. The molecule has 1 aromatic carbocycles. The highest BCUT2D eigenvalue weighted by Crippen LogP contribution is 2.32. The first-order valence-electron chi connectivity index (χ1n) is 7.95. The lowest BCUT2D eigenvalue weighted by Crippen LogP contribution is -2.46. The molecule has 0 aliphatic carbocycles. The Bertz CT molecular complexity index is 505. The van der Waals surface area contributed by atoms with Crippen LogP contribution in [0, 0.1) is 0 Å². The van der Waals surface area contributed by atoms with Gasteiger partial charge in [-0.1, -0.05) is 13.0 Å². The molecule has 0 radical (unpaired) electrons. The maximum Gasteiger partial charge on any atom is 0.258 e. The number of carbonyl (C=O) groups excluding carboxylic acids is 1. The van der Waals surface area contributed by atoms with Crippen molar-refractivity contribution in [3.8, 4) is 11.5 Å². The van der Waals surface area contributed by atoms with Gasteiger partial charge in [-0.25, -0.2) is 0 Å². The summed E-state index contributed by atoms with van der Waals surface area (Å²) in [4.78, 5) is 15.1. The summed E-state index contributed by atoms with van der Waals surface area (Å²) in [6.45, 7) is 4.80. The van der Waals surface area contributed by atoms with Crippen LogP contribution in [0.25, 0.3) is 0 Å². The van der Waals surface area contributed by atoms with Crippen LogP contribution < -0.4 is 14.8 Å². The van der Waals surface area contributed by atoms with Crippen molar-refractivity contribution in [3.63, 3.8) is 0 Å². The Kier molecular flexibility index (Phi) is 8.20. The molecule has 1 saturated heterocycles. The number of methoxy groups -OCH3 is 2. The Morgan fingerprint density at radius 1 is 1.26 bits per heavy atom. The van der Waals surface area contributed by atoms with Gasteiger partial charge in [0.1, 0.15) is 0 Å². The Hall–Kier alpha value is -1.46. The molecule has 1 amide bonds. The van der Waals surface area contributed by atoms with Crippen LogP contribution in [0.3, 0.4) is 0 Å². The molecule has 6 heteroatoms. The third-order valence-electron chi connectivity index (χ3n) is 4.11. The molecule has 130 valence electrons. The molecule has 1 N–H and O–H groups in total. The highest BCUT2D eigenvalue weighted by Gasteiger charge is 2.28. The number of nitrogens with zero attached hydrogens (tertiary/aromatic N) is 1. The smallest absolute Gasteiger partial charge is 0.258 e. The van der Waals surface area contributed by atoms with Crippen molar-refractivity contribution in [2.75, 3.05) is 33.9 Å². The van der Waals surface area contributed by atoms with Gasteiger partial charge in [0.2, 0.25) is 0 Å². The van der Waals surface area contributed by atoms with Gasteiger partial charge in [0.15, 0.2) is 11.5 Å². The summed E-state index contributed by atoms with van der Waals surface area (Å²) >= 11 is 0. The highest BCUT2D eigenvalue weighted by molar-refractivity contribution is 5.98. The first-order chi connectivity index (χ1) is 10.7. The summed E-state index contributed by atoms with van der Waals surface area (Å²) < 4.78 is 10.7. The van der Waals surface area contributed by atoms with Crippen molar-refractivity contribution in [2.24, 2.45) is 0 Å². The normalized spacial score (nSPS) is 14.7. The second kappa shape index (κ2) is 9.63. The number of carbonyl (C=O) groups is 1.